The van der Waals surface area contributed by atoms with Crippen molar-refractivity contribution in [3.63, 3.8) is 0 Å². The zero-order chi connectivity index (χ0) is 16.8. The number of thioether (sulfide) groups is 1. The molecule has 0 spiro atoms. The van der Waals surface area contributed by atoms with E-state index in [9.17, 15) is 4.79 Å². The molecule has 1 N–H and O–H groups in total. The maximum absolute atomic E-state index is 12.1. The van der Waals surface area contributed by atoms with Gasteiger partial charge in [0.15, 0.2) is 0 Å². The van der Waals surface area contributed by atoms with Crippen molar-refractivity contribution in [2.75, 3.05) is 18.2 Å². The van der Waals surface area contributed by atoms with Crippen LogP contribution in [0.5, 0.6) is 5.75 Å². The summed E-state index contributed by atoms with van der Waals surface area (Å²) >= 11 is 1.61. The average molecular weight is 337 g/mol. The van der Waals surface area contributed by atoms with Gasteiger partial charge in [-0.3, -0.25) is 4.79 Å². The molecular weight excluding hydrogens is 318 g/mol. The van der Waals surface area contributed by atoms with E-state index in [1.165, 1.54) is 16.3 Å². The molecule has 0 bridgehead atoms. The topological polar surface area (TPSA) is 38.3 Å². The molecule has 1 amide bonds. The van der Waals surface area contributed by atoms with Gasteiger partial charge in [-0.1, -0.05) is 54.6 Å². The van der Waals surface area contributed by atoms with Crippen LogP contribution in [0.1, 0.15) is 5.56 Å². The van der Waals surface area contributed by atoms with Gasteiger partial charge in [-0.25, -0.2) is 0 Å². The highest BCUT2D eigenvalue weighted by Crippen LogP contribution is 2.25. The van der Waals surface area contributed by atoms with Gasteiger partial charge in [0.1, 0.15) is 5.75 Å². The molecule has 0 saturated carbocycles. The summed E-state index contributed by atoms with van der Waals surface area (Å²) in [7, 11) is 1.60. The summed E-state index contributed by atoms with van der Waals surface area (Å²) in [5.74, 6) is 1.86. The fourth-order valence-electron chi connectivity index (χ4n) is 2.61. The van der Waals surface area contributed by atoms with Crippen molar-refractivity contribution in [1.82, 2.24) is 0 Å². The number of rotatable bonds is 6. The monoisotopic (exact) mass is 337 g/mol. The molecule has 0 heterocycles. The van der Waals surface area contributed by atoms with Crippen LogP contribution in [-0.4, -0.2) is 18.8 Å². The van der Waals surface area contributed by atoms with Crippen LogP contribution in [0.25, 0.3) is 10.8 Å². The van der Waals surface area contributed by atoms with Crippen LogP contribution in [0.15, 0.2) is 66.7 Å². The van der Waals surface area contributed by atoms with Crippen LogP contribution < -0.4 is 10.1 Å². The van der Waals surface area contributed by atoms with Gasteiger partial charge in [0, 0.05) is 5.75 Å². The normalized spacial score (nSPS) is 10.5. The minimum atomic E-state index is -0.0234. The Kier molecular flexibility index (Phi) is 5.39. The molecule has 3 rings (SSSR count). The highest BCUT2D eigenvalue weighted by atomic mass is 32.2. The molecule has 122 valence electrons. The van der Waals surface area contributed by atoms with Gasteiger partial charge >= 0.3 is 0 Å². The molecule has 0 aliphatic rings. The summed E-state index contributed by atoms with van der Waals surface area (Å²) in [5, 5.41) is 5.38. The molecule has 3 nitrogen and oxygen atoms in total. The standard InChI is InChI=1S/C20H19NO2S/c1-23-19-12-5-4-11-18(19)21-20(22)14-24-13-16-9-6-8-15-7-2-3-10-17(15)16/h2-12H,13-14H2,1H3,(H,21,22). The van der Waals surface area contributed by atoms with E-state index in [1.807, 2.05) is 36.4 Å². The van der Waals surface area contributed by atoms with E-state index in [0.29, 0.717) is 17.2 Å². The lowest BCUT2D eigenvalue weighted by Crippen LogP contribution is -2.14. The van der Waals surface area contributed by atoms with Gasteiger partial charge in [-0.2, -0.15) is 0 Å². The number of nitrogens with one attached hydrogen (secondary N) is 1. The molecule has 0 atom stereocenters. The van der Waals surface area contributed by atoms with Crippen LogP contribution in [0.2, 0.25) is 0 Å². The molecule has 24 heavy (non-hydrogen) atoms. The molecule has 4 heteroatoms. The second kappa shape index (κ2) is 7.88. The molecule has 0 aromatic heterocycles. The molecule has 0 fully saturated rings. The van der Waals surface area contributed by atoms with Crippen molar-refractivity contribution in [3.05, 3.63) is 72.3 Å². The summed E-state index contributed by atoms with van der Waals surface area (Å²) in [5.41, 5.74) is 1.96. The number of methoxy groups -OCH3 is 1. The average Bonchev–Trinajstić information content (AvgIpc) is 2.62. The lowest BCUT2D eigenvalue weighted by Gasteiger charge is -2.10. The smallest absolute Gasteiger partial charge is 0.234 e. The first-order valence-electron chi connectivity index (χ1n) is 7.75. The van der Waals surface area contributed by atoms with Crippen molar-refractivity contribution in [2.45, 2.75) is 5.75 Å². The van der Waals surface area contributed by atoms with Crippen LogP contribution in [0.4, 0.5) is 5.69 Å². The molecule has 3 aromatic rings. The lowest BCUT2D eigenvalue weighted by atomic mass is 10.1. The number of para-hydroxylation sites is 2. The Balaban J connectivity index is 1.59. The number of anilines is 1. The molecule has 0 unspecified atom stereocenters. The van der Waals surface area contributed by atoms with Gasteiger partial charge in [-0.15, -0.1) is 11.8 Å². The van der Waals surface area contributed by atoms with E-state index >= 15 is 0 Å². The minimum absolute atomic E-state index is 0.0234. The number of ether oxygens (including phenoxy) is 1. The molecule has 0 aliphatic carbocycles. The van der Waals surface area contributed by atoms with Crippen molar-refractivity contribution < 1.29 is 9.53 Å². The van der Waals surface area contributed by atoms with Crippen molar-refractivity contribution >= 4 is 34.1 Å². The lowest BCUT2D eigenvalue weighted by molar-refractivity contribution is -0.113. The van der Waals surface area contributed by atoms with Crippen LogP contribution in [0.3, 0.4) is 0 Å². The third kappa shape index (κ3) is 3.89. The summed E-state index contributed by atoms with van der Waals surface area (Å²) in [6, 6.07) is 22.0. The number of carbonyl (C=O) groups is 1. The third-order valence-corrected chi connectivity index (χ3v) is 4.73. The zero-order valence-corrected chi connectivity index (χ0v) is 14.3. The maximum atomic E-state index is 12.1. The Bertz CT molecular complexity index is 842. The Morgan fingerprint density at radius 1 is 1.00 bits per heavy atom. The number of amides is 1. The van der Waals surface area contributed by atoms with Gasteiger partial charge in [0.05, 0.1) is 18.6 Å². The second-order valence-electron chi connectivity index (χ2n) is 5.38. The second-order valence-corrected chi connectivity index (χ2v) is 6.37. The minimum Gasteiger partial charge on any atom is -0.495 e. The fraction of sp³-hybridized carbons (Fsp3) is 0.150. The zero-order valence-electron chi connectivity index (χ0n) is 13.5. The maximum Gasteiger partial charge on any atom is 0.234 e. The number of hydrogen-bond donors (Lipinski definition) is 1. The van der Waals surface area contributed by atoms with Gasteiger partial charge < -0.3 is 10.1 Å². The molecular formula is C20H19NO2S. The fourth-order valence-corrected chi connectivity index (χ4v) is 3.44. The Morgan fingerprint density at radius 2 is 1.75 bits per heavy atom. The summed E-state index contributed by atoms with van der Waals surface area (Å²) in [6.45, 7) is 0. The SMILES string of the molecule is COc1ccccc1NC(=O)CSCc1cccc2ccccc12. The third-order valence-electron chi connectivity index (χ3n) is 3.75. The van der Waals surface area contributed by atoms with E-state index in [2.05, 4.69) is 35.6 Å². The first-order chi connectivity index (χ1) is 11.8. The predicted octanol–water partition coefficient (Wildman–Crippen LogP) is 4.72. The van der Waals surface area contributed by atoms with Crippen LogP contribution in [-0.2, 0) is 10.5 Å². The molecule has 0 radical (unpaired) electrons. The predicted molar refractivity (Wildman–Crippen MR) is 102 cm³/mol. The van der Waals surface area contributed by atoms with E-state index in [1.54, 1.807) is 18.9 Å². The number of hydrogen-bond acceptors (Lipinski definition) is 3. The Morgan fingerprint density at radius 3 is 2.62 bits per heavy atom. The van der Waals surface area contributed by atoms with Crippen molar-refractivity contribution in [1.29, 1.82) is 0 Å². The summed E-state index contributed by atoms with van der Waals surface area (Å²) < 4.78 is 5.25. The number of benzene rings is 3. The Labute approximate surface area is 146 Å². The number of carbonyl (C=O) groups excluding carboxylic acids is 1. The van der Waals surface area contributed by atoms with Crippen molar-refractivity contribution in [2.24, 2.45) is 0 Å². The van der Waals surface area contributed by atoms with Gasteiger partial charge in [0.25, 0.3) is 0 Å². The molecule has 0 saturated heterocycles. The van der Waals surface area contributed by atoms with Crippen molar-refractivity contribution in [3.8, 4) is 5.75 Å². The highest BCUT2D eigenvalue weighted by Gasteiger charge is 2.08. The van der Waals surface area contributed by atoms with Crippen LogP contribution >= 0.6 is 11.8 Å². The first-order valence-corrected chi connectivity index (χ1v) is 8.90. The first kappa shape index (κ1) is 16.4. The van der Waals surface area contributed by atoms with E-state index < -0.39 is 0 Å². The Hall–Kier alpha value is -2.46. The van der Waals surface area contributed by atoms with Crippen LogP contribution in [0, 0.1) is 0 Å². The van der Waals surface area contributed by atoms with Gasteiger partial charge in [0.2, 0.25) is 5.91 Å². The molecule has 3 aromatic carbocycles. The molecule has 0 aliphatic heterocycles. The largest absolute Gasteiger partial charge is 0.495 e. The highest BCUT2D eigenvalue weighted by molar-refractivity contribution is 7.99. The van der Waals surface area contributed by atoms with E-state index in [4.69, 9.17) is 4.74 Å². The summed E-state index contributed by atoms with van der Waals surface area (Å²) in [4.78, 5) is 12.1. The van der Waals surface area contributed by atoms with Gasteiger partial charge in [-0.05, 0) is 28.5 Å². The van der Waals surface area contributed by atoms with E-state index in [-0.39, 0.29) is 5.91 Å². The quantitative estimate of drug-likeness (QED) is 0.707. The number of fused-ring (bicyclic) bond motifs is 1. The summed E-state index contributed by atoms with van der Waals surface area (Å²) in [6.07, 6.45) is 0. The van der Waals surface area contributed by atoms with E-state index in [0.717, 1.165) is 5.75 Å².